The van der Waals surface area contributed by atoms with Crippen molar-refractivity contribution in [1.82, 2.24) is 10.2 Å². The standard InChI is InChI=1S/C20H20ClN3O3S/c1-12-7-8-13(2)17(9-12)26-10-19-23-24-20(27-19)28-11-18(25)22-16-6-4-5-15(21)14(16)3/h4-9H,10-11H2,1-3H3,(H,22,25). The van der Waals surface area contributed by atoms with Crippen LogP contribution in [0.2, 0.25) is 5.02 Å². The third-order valence-corrected chi connectivity index (χ3v) is 5.24. The lowest BCUT2D eigenvalue weighted by atomic mass is 10.1. The second-order valence-electron chi connectivity index (χ2n) is 6.27. The first-order valence-corrected chi connectivity index (χ1v) is 9.99. The Morgan fingerprint density at radius 1 is 1.21 bits per heavy atom. The minimum atomic E-state index is -0.179. The molecule has 8 heteroatoms. The summed E-state index contributed by atoms with van der Waals surface area (Å²) >= 11 is 7.23. The van der Waals surface area contributed by atoms with Crippen LogP contribution in [-0.2, 0) is 11.4 Å². The van der Waals surface area contributed by atoms with E-state index in [0.29, 0.717) is 21.8 Å². The number of carbonyl (C=O) groups is 1. The number of ether oxygens (including phenoxy) is 1. The molecule has 0 saturated heterocycles. The summed E-state index contributed by atoms with van der Waals surface area (Å²) in [5.41, 5.74) is 3.66. The van der Waals surface area contributed by atoms with Crippen molar-refractivity contribution in [3.63, 3.8) is 0 Å². The van der Waals surface area contributed by atoms with E-state index in [2.05, 4.69) is 15.5 Å². The molecule has 1 aromatic heterocycles. The van der Waals surface area contributed by atoms with Crippen molar-refractivity contribution < 1.29 is 13.9 Å². The quantitative estimate of drug-likeness (QED) is 0.547. The van der Waals surface area contributed by atoms with E-state index in [9.17, 15) is 4.79 Å². The van der Waals surface area contributed by atoms with Gasteiger partial charge in [0.1, 0.15) is 5.75 Å². The van der Waals surface area contributed by atoms with Crippen LogP contribution in [0.15, 0.2) is 46.0 Å². The van der Waals surface area contributed by atoms with Crippen molar-refractivity contribution in [3.8, 4) is 5.75 Å². The van der Waals surface area contributed by atoms with Crippen molar-refractivity contribution in [1.29, 1.82) is 0 Å². The van der Waals surface area contributed by atoms with E-state index in [1.165, 1.54) is 11.8 Å². The molecule has 1 N–H and O–H groups in total. The largest absolute Gasteiger partial charge is 0.484 e. The molecule has 0 bridgehead atoms. The van der Waals surface area contributed by atoms with Crippen LogP contribution in [0.5, 0.6) is 5.75 Å². The fourth-order valence-corrected chi connectivity index (χ4v) is 3.17. The van der Waals surface area contributed by atoms with Crippen molar-refractivity contribution in [3.05, 3.63) is 64.0 Å². The molecule has 1 amide bonds. The van der Waals surface area contributed by atoms with Gasteiger partial charge in [-0.1, -0.05) is 41.6 Å². The van der Waals surface area contributed by atoms with Gasteiger partial charge in [0.25, 0.3) is 11.1 Å². The van der Waals surface area contributed by atoms with E-state index in [4.69, 9.17) is 20.8 Å². The van der Waals surface area contributed by atoms with Crippen molar-refractivity contribution in [2.75, 3.05) is 11.1 Å². The maximum Gasteiger partial charge on any atom is 0.277 e. The van der Waals surface area contributed by atoms with Gasteiger partial charge < -0.3 is 14.5 Å². The lowest BCUT2D eigenvalue weighted by Gasteiger charge is -2.08. The van der Waals surface area contributed by atoms with Crippen molar-refractivity contribution >= 4 is 35.0 Å². The molecule has 0 fully saturated rings. The zero-order valence-electron chi connectivity index (χ0n) is 15.8. The highest BCUT2D eigenvalue weighted by atomic mass is 35.5. The summed E-state index contributed by atoms with van der Waals surface area (Å²) in [5, 5.41) is 11.7. The molecule has 2 aromatic carbocycles. The molecule has 0 saturated carbocycles. The summed E-state index contributed by atoms with van der Waals surface area (Å²) in [7, 11) is 0. The van der Waals surface area contributed by atoms with Gasteiger partial charge in [-0.15, -0.1) is 10.2 Å². The molecule has 146 valence electrons. The average Bonchev–Trinajstić information content (AvgIpc) is 3.12. The fraction of sp³-hybridized carbons (Fsp3) is 0.250. The van der Waals surface area contributed by atoms with E-state index < -0.39 is 0 Å². The summed E-state index contributed by atoms with van der Waals surface area (Å²) < 4.78 is 11.3. The minimum absolute atomic E-state index is 0.144. The molecular weight excluding hydrogens is 398 g/mol. The number of anilines is 1. The first-order chi connectivity index (χ1) is 13.4. The van der Waals surface area contributed by atoms with E-state index in [0.717, 1.165) is 22.4 Å². The minimum Gasteiger partial charge on any atom is -0.484 e. The molecule has 0 aliphatic carbocycles. The number of nitrogens with zero attached hydrogens (tertiary/aromatic N) is 2. The number of thioether (sulfide) groups is 1. The summed E-state index contributed by atoms with van der Waals surface area (Å²) in [5.74, 6) is 1.10. The molecule has 0 unspecified atom stereocenters. The van der Waals surface area contributed by atoms with Crippen LogP contribution in [0.1, 0.15) is 22.6 Å². The van der Waals surface area contributed by atoms with Gasteiger partial charge in [-0.25, -0.2) is 0 Å². The molecule has 3 rings (SSSR count). The zero-order valence-corrected chi connectivity index (χ0v) is 17.4. The fourth-order valence-electron chi connectivity index (χ4n) is 2.41. The third kappa shape index (κ3) is 5.27. The van der Waals surface area contributed by atoms with Gasteiger partial charge >= 0.3 is 0 Å². The lowest BCUT2D eigenvalue weighted by molar-refractivity contribution is -0.113. The van der Waals surface area contributed by atoms with E-state index in [-0.39, 0.29) is 18.3 Å². The molecule has 0 atom stereocenters. The molecule has 0 spiro atoms. The monoisotopic (exact) mass is 417 g/mol. The number of benzene rings is 2. The topological polar surface area (TPSA) is 77.2 Å². The molecule has 28 heavy (non-hydrogen) atoms. The number of amides is 1. The number of carbonyl (C=O) groups excluding carboxylic acids is 1. The smallest absolute Gasteiger partial charge is 0.277 e. The van der Waals surface area contributed by atoms with Gasteiger partial charge in [-0.3, -0.25) is 4.79 Å². The highest BCUT2D eigenvalue weighted by molar-refractivity contribution is 7.99. The predicted molar refractivity (Wildman–Crippen MR) is 110 cm³/mol. The van der Waals surface area contributed by atoms with Crippen LogP contribution >= 0.6 is 23.4 Å². The maximum absolute atomic E-state index is 12.1. The number of rotatable bonds is 7. The Hall–Kier alpha value is -2.51. The Bertz CT molecular complexity index is 991. The molecular formula is C20H20ClN3O3S. The zero-order chi connectivity index (χ0) is 20.1. The average molecular weight is 418 g/mol. The Balaban J connectivity index is 1.51. The summed E-state index contributed by atoms with van der Waals surface area (Å²) in [6.45, 7) is 6.00. The predicted octanol–water partition coefficient (Wildman–Crippen LogP) is 4.96. The number of aryl methyl sites for hydroxylation is 2. The van der Waals surface area contributed by atoms with Gasteiger partial charge in [-0.2, -0.15) is 0 Å². The van der Waals surface area contributed by atoms with Crippen LogP contribution in [0.3, 0.4) is 0 Å². The SMILES string of the molecule is Cc1ccc(C)c(OCc2nnc(SCC(=O)Nc3cccc(Cl)c3C)o2)c1. The second kappa shape index (κ2) is 9.12. The van der Waals surface area contributed by atoms with Crippen LogP contribution < -0.4 is 10.1 Å². The highest BCUT2D eigenvalue weighted by Crippen LogP contribution is 2.24. The normalized spacial score (nSPS) is 10.7. The first-order valence-electron chi connectivity index (χ1n) is 8.62. The van der Waals surface area contributed by atoms with Gasteiger partial charge in [0, 0.05) is 10.7 Å². The van der Waals surface area contributed by atoms with Crippen LogP contribution in [-0.4, -0.2) is 21.9 Å². The highest BCUT2D eigenvalue weighted by Gasteiger charge is 2.12. The number of halogens is 1. The number of hydrogen-bond donors (Lipinski definition) is 1. The van der Waals surface area contributed by atoms with Gasteiger partial charge in [0.05, 0.1) is 5.75 Å². The molecule has 0 radical (unpaired) electrons. The van der Waals surface area contributed by atoms with Crippen molar-refractivity contribution in [2.45, 2.75) is 32.6 Å². The van der Waals surface area contributed by atoms with Gasteiger partial charge in [0.15, 0.2) is 6.61 Å². The number of aromatic nitrogens is 2. The van der Waals surface area contributed by atoms with Crippen LogP contribution in [0.25, 0.3) is 0 Å². The molecule has 6 nitrogen and oxygen atoms in total. The molecule has 3 aromatic rings. The Morgan fingerprint density at radius 2 is 2.04 bits per heavy atom. The maximum atomic E-state index is 12.1. The Morgan fingerprint density at radius 3 is 2.86 bits per heavy atom. The van der Waals surface area contributed by atoms with Crippen LogP contribution in [0, 0.1) is 20.8 Å². The molecule has 0 aliphatic heterocycles. The number of hydrogen-bond acceptors (Lipinski definition) is 6. The van der Waals surface area contributed by atoms with Gasteiger partial charge in [0.2, 0.25) is 5.91 Å². The Kier molecular flexibility index (Phi) is 6.59. The number of nitrogens with one attached hydrogen (secondary N) is 1. The Labute approximate surface area is 172 Å². The summed E-state index contributed by atoms with van der Waals surface area (Å²) in [6, 6.07) is 11.4. The van der Waals surface area contributed by atoms with Crippen molar-refractivity contribution in [2.24, 2.45) is 0 Å². The van der Waals surface area contributed by atoms with Crippen LogP contribution in [0.4, 0.5) is 5.69 Å². The second-order valence-corrected chi connectivity index (χ2v) is 7.60. The van der Waals surface area contributed by atoms with Gasteiger partial charge in [-0.05, 0) is 55.7 Å². The molecule has 0 aliphatic rings. The third-order valence-electron chi connectivity index (χ3n) is 4.01. The first kappa shape index (κ1) is 20.2. The lowest BCUT2D eigenvalue weighted by Crippen LogP contribution is -2.14. The van der Waals surface area contributed by atoms with E-state index in [1.807, 2.05) is 39.0 Å². The summed E-state index contributed by atoms with van der Waals surface area (Å²) in [6.07, 6.45) is 0. The molecule has 1 heterocycles. The van der Waals surface area contributed by atoms with E-state index >= 15 is 0 Å². The van der Waals surface area contributed by atoms with E-state index in [1.54, 1.807) is 18.2 Å². The summed E-state index contributed by atoms with van der Waals surface area (Å²) in [4.78, 5) is 12.1.